The molecular weight excluding hydrogens is 513 g/mol. The van der Waals surface area contributed by atoms with Gasteiger partial charge in [-0.25, -0.2) is 4.79 Å². The maximum Gasteiger partial charge on any atom is 0.416 e. The molecule has 9 nitrogen and oxygen atoms in total. The van der Waals surface area contributed by atoms with Crippen molar-refractivity contribution in [2.45, 2.75) is 57.3 Å². The van der Waals surface area contributed by atoms with Gasteiger partial charge in [0.1, 0.15) is 0 Å². The fourth-order valence-corrected chi connectivity index (χ4v) is 4.67. The van der Waals surface area contributed by atoms with E-state index in [-0.39, 0.29) is 29.7 Å². The molecule has 1 saturated carbocycles. The highest BCUT2D eigenvalue weighted by atomic mass is 19.4. The molecule has 0 bridgehead atoms. The number of urea groups is 1. The highest BCUT2D eigenvalue weighted by Crippen LogP contribution is 2.34. The molecule has 2 amide bonds. The molecule has 1 heterocycles. The Morgan fingerprint density at radius 3 is 2.69 bits per heavy atom. The summed E-state index contributed by atoms with van der Waals surface area (Å²) < 4.78 is 47.5. The molecule has 1 aromatic heterocycles. The third kappa shape index (κ3) is 7.56. The number of aromatic nitrogens is 2. The van der Waals surface area contributed by atoms with Crippen LogP contribution in [0.4, 0.5) is 35.2 Å². The largest absolute Gasteiger partial charge is 0.861 e. The number of carbonyl (C=O) groups excluding carboxylic acids is 1. The molecule has 0 aliphatic heterocycles. The number of amides is 2. The van der Waals surface area contributed by atoms with Gasteiger partial charge in [0.25, 0.3) is 6.20 Å². The number of rotatable bonds is 7. The van der Waals surface area contributed by atoms with Crippen LogP contribution in [-0.2, 0) is 12.6 Å². The van der Waals surface area contributed by atoms with Gasteiger partial charge in [-0.2, -0.15) is 13.2 Å². The number of nitrogens with one attached hydrogen (secondary N) is 2. The summed E-state index contributed by atoms with van der Waals surface area (Å²) in [4.78, 5) is 18.6. The van der Waals surface area contributed by atoms with E-state index in [9.17, 15) is 23.1 Å². The molecule has 2 aromatic carbocycles. The van der Waals surface area contributed by atoms with Crippen molar-refractivity contribution in [1.82, 2.24) is 10.2 Å². The quantitative estimate of drug-likeness (QED) is 0.257. The Morgan fingerprint density at radius 2 is 1.97 bits per heavy atom. The van der Waals surface area contributed by atoms with Gasteiger partial charge in [0, 0.05) is 31.0 Å². The smallest absolute Gasteiger partial charge is 0.416 e. The lowest BCUT2D eigenvalue weighted by atomic mass is 9.90. The van der Waals surface area contributed by atoms with Crippen LogP contribution in [0.5, 0.6) is 0 Å². The van der Waals surface area contributed by atoms with Crippen molar-refractivity contribution < 1.29 is 32.3 Å². The van der Waals surface area contributed by atoms with E-state index in [0.29, 0.717) is 6.04 Å². The lowest BCUT2D eigenvalue weighted by Gasteiger charge is -2.29. The van der Waals surface area contributed by atoms with Gasteiger partial charge in [-0.15, -0.1) is 0 Å². The van der Waals surface area contributed by atoms with Gasteiger partial charge in [-0.05, 0) is 73.8 Å². The van der Waals surface area contributed by atoms with Crippen molar-refractivity contribution in [1.29, 1.82) is 0 Å². The average Bonchev–Trinajstić information content (AvgIpc) is 3.33. The fraction of sp³-hybridized carbons (Fsp3) is 0.407. The second-order valence-corrected chi connectivity index (χ2v) is 9.94. The Labute approximate surface area is 224 Å². The number of aryl methyl sites for hydroxylation is 1. The summed E-state index contributed by atoms with van der Waals surface area (Å²) in [5.74, 6) is -0.561. The first-order valence-corrected chi connectivity index (χ1v) is 12.6. The van der Waals surface area contributed by atoms with E-state index in [4.69, 9.17) is 4.52 Å². The number of aliphatic imine (C=N–C) groups is 1. The number of carbonyl (C=O) groups is 1. The van der Waals surface area contributed by atoms with Crippen LogP contribution in [0, 0.1) is 6.92 Å². The highest BCUT2D eigenvalue weighted by Gasteiger charge is 2.33. The summed E-state index contributed by atoms with van der Waals surface area (Å²) >= 11 is 0. The minimum atomic E-state index is -4.71. The second kappa shape index (κ2) is 11.9. The summed E-state index contributed by atoms with van der Waals surface area (Å²) in [6.07, 6.45) is 0.720. The van der Waals surface area contributed by atoms with Crippen molar-refractivity contribution in [2.24, 2.45) is 4.99 Å². The highest BCUT2D eigenvalue weighted by molar-refractivity contribution is 5.99. The van der Waals surface area contributed by atoms with Crippen molar-refractivity contribution in [3.05, 3.63) is 65.4 Å². The first-order chi connectivity index (χ1) is 18.5. The molecular formula is C27H31F3N6O3. The van der Waals surface area contributed by atoms with Crippen molar-refractivity contribution in [2.75, 3.05) is 24.7 Å². The third-order valence-electron chi connectivity index (χ3n) is 6.80. The molecule has 1 aliphatic carbocycles. The Morgan fingerprint density at radius 1 is 1.21 bits per heavy atom. The molecule has 4 rings (SSSR count). The SMILES string of the molecule is Cc1ccccc1CC([O-])=Nc1cc(NC(=O)Nc2c[n+]([C@@H]3CCC[C@H](N(C)C)C3)no2)cc(C(F)(F)F)c1. The Hall–Kier alpha value is -3.93. The monoisotopic (exact) mass is 544 g/mol. The lowest BCUT2D eigenvalue weighted by Crippen LogP contribution is -2.46. The maximum atomic E-state index is 13.5. The summed E-state index contributed by atoms with van der Waals surface area (Å²) in [5.41, 5.74) is 0.153. The number of alkyl halides is 3. The predicted octanol–water partition coefficient (Wildman–Crippen LogP) is 4.61. The minimum absolute atomic E-state index is 0.0461. The molecule has 208 valence electrons. The average molecular weight is 545 g/mol. The first-order valence-electron chi connectivity index (χ1n) is 12.6. The minimum Gasteiger partial charge on any atom is -0.861 e. The van der Waals surface area contributed by atoms with Crippen LogP contribution in [0.15, 0.2) is 58.2 Å². The van der Waals surface area contributed by atoms with Crippen LogP contribution in [0.3, 0.4) is 0 Å². The Kier molecular flexibility index (Phi) is 8.54. The molecule has 12 heteroatoms. The van der Waals surface area contributed by atoms with Gasteiger partial charge in [-0.3, -0.25) is 14.8 Å². The summed E-state index contributed by atoms with van der Waals surface area (Å²) in [6.45, 7) is 1.83. The zero-order valence-corrected chi connectivity index (χ0v) is 22.0. The summed E-state index contributed by atoms with van der Waals surface area (Å²) in [7, 11) is 4.06. The van der Waals surface area contributed by atoms with Crippen molar-refractivity contribution in [3.63, 3.8) is 0 Å². The van der Waals surface area contributed by atoms with Crippen molar-refractivity contribution >= 4 is 29.2 Å². The van der Waals surface area contributed by atoms with E-state index in [1.807, 2.05) is 33.2 Å². The van der Waals surface area contributed by atoms with Crippen LogP contribution < -0.4 is 20.4 Å². The number of hydrogen-bond donors (Lipinski definition) is 2. The number of halogens is 3. The van der Waals surface area contributed by atoms with Crippen LogP contribution >= 0.6 is 0 Å². The molecule has 0 radical (unpaired) electrons. The molecule has 0 unspecified atom stereocenters. The molecule has 2 N–H and O–H groups in total. The number of hydrogen-bond acceptors (Lipinski definition) is 6. The number of nitrogens with zero attached hydrogens (tertiary/aromatic N) is 4. The van der Waals surface area contributed by atoms with Crippen LogP contribution in [-0.4, -0.2) is 42.2 Å². The standard InChI is InChI=1S/C27H31F3N6O3/c1-17-7-4-5-8-18(17)11-24(37)31-20-12-19(27(28,29)30)13-21(14-20)32-26(38)33-25-16-36(34-39-25)23-10-6-9-22(15-23)35(2)3/h4-5,7-8,12-14,16,22-23H,6,9-11,15H2,1-3H3,(H2-,31,32,33,34,37,38)/t22-,23+/m0/s1. The van der Waals surface area contributed by atoms with E-state index >= 15 is 0 Å². The van der Waals surface area contributed by atoms with E-state index in [1.54, 1.807) is 23.0 Å². The molecule has 1 fully saturated rings. The van der Waals surface area contributed by atoms with Crippen LogP contribution in [0.25, 0.3) is 0 Å². The van der Waals surface area contributed by atoms with Crippen molar-refractivity contribution in [3.8, 4) is 0 Å². The maximum absolute atomic E-state index is 13.5. The van der Waals surface area contributed by atoms with Gasteiger partial charge in [0.15, 0.2) is 6.04 Å². The van der Waals surface area contributed by atoms with Gasteiger partial charge < -0.3 is 15.3 Å². The summed E-state index contributed by atoms with van der Waals surface area (Å²) in [5, 5.41) is 21.3. The normalized spacial score (nSPS) is 18.3. The molecule has 0 saturated heterocycles. The molecule has 3 aromatic rings. The molecule has 2 atom stereocenters. The Balaban J connectivity index is 1.47. The molecule has 39 heavy (non-hydrogen) atoms. The number of anilines is 2. The topological polar surface area (TPSA) is 110 Å². The van der Waals surface area contributed by atoms with Crippen LogP contribution in [0.2, 0.25) is 0 Å². The zero-order valence-electron chi connectivity index (χ0n) is 22.0. The van der Waals surface area contributed by atoms with Gasteiger partial charge >= 0.3 is 18.1 Å². The molecule has 0 spiro atoms. The molecule has 1 aliphatic rings. The zero-order chi connectivity index (χ0) is 28.2. The predicted molar refractivity (Wildman–Crippen MR) is 138 cm³/mol. The van der Waals surface area contributed by atoms with Gasteiger partial charge in [0.05, 0.1) is 11.3 Å². The fourth-order valence-electron chi connectivity index (χ4n) is 4.67. The van der Waals surface area contributed by atoms with E-state index in [0.717, 1.165) is 48.9 Å². The van der Waals surface area contributed by atoms with Gasteiger partial charge in [0.2, 0.25) is 5.27 Å². The van der Waals surface area contributed by atoms with Crippen LogP contribution in [0.1, 0.15) is 48.4 Å². The van der Waals surface area contributed by atoms with E-state index in [1.165, 1.54) is 6.07 Å². The van der Waals surface area contributed by atoms with E-state index < -0.39 is 23.7 Å². The number of benzene rings is 2. The van der Waals surface area contributed by atoms with Gasteiger partial charge in [-0.1, -0.05) is 24.3 Å². The van der Waals surface area contributed by atoms with E-state index in [2.05, 4.69) is 25.8 Å². The summed E-state index contributed by atoms with van der Waals surface area (Å²) in [6, 6.07) is 9.62. The first kappa shape index (κ1) is 28.1. The second-order valence-electron chi connectivity index (χ2n) is 9.94. The lowest BCUT2D eigenvalue weighted by molar-refractivity contribution is -0.787. The Bertz CT molecular complexity index is 1340. The third-order valence-corrected chi connectivity index (χ3v) is 6.80.